The molecule has 8 aromatic rings. The Labute approximate surface area is 258 Å². The van der Waals surface area contributed by atoms with E-state index in [2.05, 4.69) is 71.3 Å². The van der Waals surface area contributed by atoms with Gasteiger partial charge in [0.25, 0.3) is 0 Å². The normalized spacial score (nSPS) is 15.5. The van der Waals surface area contributed by atoms with Gasteiger partial charge in [-0.25, -0.2) is 9.97 Å². The summed E-state index contributed by atoms with van der Waals surface area (Å²) in [6.07, 6.45) is 0. The highest BCUT2D eigenvalue weighted by Crippen LogP contribution is 2.52. The van der Waals surface area contributed by atoms with Gasteiger partial charge in [0.2, 0.25) is 0 Å². The fourth-order valence-corrected chi connectivity index (χ4v) is 10.7. The van der Waals surface area contributed by atoms with Crippen molar-refractivity contribution < 1.29 is 4.57 Å². The summed E-state index contributed by atoms with van der Waals surface area (Å²) in [6, 6.07) is 49.2. The smallest absolute Gasteiger partial charge is 0.175 e. The van der Waals surface area contributed by atoms with Crippen molar-refractivity contribution in [3.63, 3.8) is 0 Å². The molecule has 1 unspecified atom stereocenters. The fourth-order valence-electron chi connectivity index (χ4n) is 6.47. The van der Waals surface area contributed by atoms with Gasteiger partial charge in [0.05, 0.1) is 32.2 Å². The average Bonchev–Trinajstić information content (AvgIpc) is 3.71. The number of aromatic nitrogens is 3. The van der Waals surface area contributed by atoms with Crippen LogP contribution in [0.2, 0.25) is 0 Å². The van der Waals surface area contributed by atoms with Crippen molar-refractivity contribution >= 4 is 55.6 Å². The fraction of sp³-hybridized carbons (Fsp3) is 0. The SMILES string of the molecule is O=P1(c2ccccc2)c2c(-c3ccc(-c4nc5ccccc5s4)cc3)cccc2-n2c(-c3ccccc3)nc3cccc1c32. The maximum Gasteiger partial charge on any atom is 0.175 e. The largest absolute Gasteiger partial charge is 0.308 e. The lowest BCUT2D eigenvalue weighted by Crippen LogP contribution is -2.34. The molecule has 0 bridgehead atoms. The molecule has 2 aromatic heterocycles. The summed E-state index contributed by atoms with van der Waals surface area (Å²) in [6.45, 7) is 0. The first kappa shape index (κ1) is 25.4. The van der Waals surface area contributed by atoms with Crippen LogP contribution in [-0.2, 0) is 4.57 Å². The molecule has 0 fully saturated rings. The minimum atomic E-state index is -3.31. The van der Waals surface area contributed by atoms with E-state index in [1.54, 1.807) is 11.3 Å². The molecule has 1 atom stereocenters. The third-order valence-corrected chi connectivity index (χ3v) is 12.7. The molecule has 0 amide bonds. The lowest BCUT2D eigenvalue weighted by atomic mass is 10.0. The number of nitrogens with zero attached hydrogens (tertiary/aromatic N) is 3. The summed E-state index contributed by atoms with van der Waals surface area (Å²) in [5, 5.41) is 3.47. The van der Waals surface area contributed by atoms with Gasteiger partial charge in [0, 0.05) is 21.7 Å². The van der Waals surface area contributed by atoms with Gasteiger partial charge >= 0.3 is 0 Å². The Morgan fingerprint density at radius 1 is 0.568 bits per heavy atom. The molecule has 0 radical (unpaired) electrons. The summed E-state index contributed by atoms with van der Waals surface area (Å²) in [7, 11) is -3.31. The van der Waals surface area contributed by atoms with Crippen molar-refractivity contribution in [3.05, 3.63) is 146 Å². The van der Waals surface area contributed by atoms with Crippen molar-refractivity contribution in [2.24, 2.45) is 0 Å². The monoisotopic (exact) mass is 601 g/mol. The summed E-state index contributed by atoms with van der Waals surface area (Å²) in [4.78, 5) is 9.98. The molecular formula is C38H24N3OPS. The molecule has 0 saturated heterocycles. The third-order valence-electron chi connectivity index (χ3n) is 8.45. The Kier molecular flexibility index (Phi) is 5.61. The van der Waals surface area contributed by atoms with Crippen LogP contribution in [0.15, 0.2) is 146 Å². The molecule has 1 aliphatic heterocycles. The van der Waals surface area contributed by atoms with E-state index in [0.717, 1.165) is 71.2 Å². The van der Waals surface area contributed by atoms with Gasteiger partial charge < -0.3 is 4.57 Å². The second-order valence-electron chi connectivity index (χ2n) is 11.0. The summed E-state index contributed by atoms with van der Waals surface area (Å²) in [5.41, 5.74) is 7.73. The topological polar surface area (TPSA) is 47.8 Å². The maximum atomic E-state index is 15.9. The van der Waals surface area contributed by atoms with Crippen molar-refractivity contribution in [2.45, 2.75) is 0 Å². The van der Waals surface area contributed by atoms with Gasteiger partial charge in [-0.2, -0.15) is 0 Å². The molecular weight excluding hydrogens is 577 g/mol. The standard InChI is InChI=1S/C38H24N3OPS/c42-43(28-13-5-2-6-14-28)33-19-10-17-31-35(33)41(37(39-31)26-11-3-1-4-12-26)32-18-9-15-29(36(32)43)25-21-23-27(24-22-25)38-40-30-16-7-8-20-34(30)44-38/h1-24H. The Morgan fingerprint density at radius 2 is 1.25 bits per heavy atom. The molecule has 44 heavy (non-hydrogen) atoms. The number of para-hydroxylation sites is 2. The molecule has 208 valence electrons. The van der Waals surface area contributed by atoms with Gasteiger partial charge in [-0.1, -0.05) is 115 Å². The number of hydrogen-bond donors (Lipinski definition) is 0. The van der Waals surface area contributed by atoms with Gasteiger partial charge in [-0.15, -0.1) is 11.3 Å². The Bertz CT molecular complexity index is 2380. The van der Waals surface area contributed by atoms with E-state index in [-0.39, 0.29) is 0 Å². The Balaban J connectivity index is 1.31. The average molecular weight is 602 g/mol. The van der Waals surface area contributed by atoms with Crippen LogP contribution in [0.4, 0.5) is 0 Å². The van der Waals surface area contributed by atoms with E-state index < -0.39 is 7.14 Å². The van der Waals surface area contributed by atoms with Crippen LogP contribution >= 0.6 is 18.5 Å². The number of hydrogen-bond acceptors (Lipinski definition) is 4. The van der Waals surface area contributed by atoms with Gasteiger partial charge in [0.1, 0.15) is 10.8 Å². The minimum absolute atomic E-state index is 0.820. The number of benzene rings is 6. The van der Waals surface area contributed by atoms with Crippen LogP contribution in [-0.4, -0.2) is 14.5 Å². The zero-order valence-electron chi connectivity index (χ0n) is 23.5. The highest BCUT2D eigenvalue weighted by atomic mass is 32.1. The summed E-state index contributed by atoms with van der Waals surface area (Å²) >= 11 is 1.70. The molecule has 6 heteroatoms. The van der Waals surface area contributed by atoms with Crippen molar-refractivity contribution in [2.75, 3.05) is 0 Å². The van der Waals surface area contributed by atoms with Crippen molar-refractivity contribution in [3.8, 4) is 38.8 Å². The third kappa shape index (κ3) is 3.67. The van der Waals surface area contributed by atoms with Crippen LogP contribution in [0.1, 0.15) is 0 Å². The van der Waals surface area contributed by atoms with E-state index >= 15 is 4.57 Å². The zero-order chi connectivity index (χ0) is 29.3. The zero-order valence-corrected chi connectivity index (χ0v) is 25.2. The lowest BCUT2D eigenvalue weighted by molar-refractivity contribution is 0.592. The van der Waals surface area contributed by atoms with Gasteiger partial charge in [0.15, 0.2) is 7.14 Å². The molecule has 9 rings (SSSR count). The van der Waals surface area contributed by atoms with Crippen LogP contribution in [0.5, 0.6) is 0 Å². The highest BCUT2D eigenvalue weighted by molar-refractivity contribution is 7.86. The first-order valence-corrected chi connectivity index (χ1v) is 17.1. The first-order chi connectivity index (χ1) is 21.7. The van der Waals surface area contributed by atoms with E-state index in [4.69, 9.17) is 9.97 Å². The summed E-state index contributed by atoms with van der Waals surface area (Å²) in [5.74, 6) is 0.844. The summed E-state index contributed by atoms with van der Waals surface area (Å²) < 4.78 is 19.3. The molecule has 6 aromatic carbocycles. The van der Waals surface area contributed by atoms with Crippen molar-refractivity contribution in [1.82, 2.24) is 14.5 Å². The molecule has 0 aliphatic carbocycles. The van der Waals surface area contributed by atoms with Crippen molar-refractivity contribution in [1.29, 1.82) is 0 Å². The minimum Gasteiger partial charge on any atom is -0.308 e. The highest BCUT2D eigenvalue weighted by Gasteiger charge is 2.41. The molecule has 0 N–H and O–H groups in total. The Hall–Kier alpha value is -5.09. The van der Waals surface area contributed by atoms with E-state index in [9.17, 15) is 0 Å². The van der Waals surface area contributed by atoms with Crippen LogP contribution in [0, 0.1) is 0 Å². The molecule has 4 nitrogen and oxygen atoms in total. The van der Waals surface area contributed by atoms with E-state index in [1.807, 2.05) is 78.9 Å². The number of fused-ring (bicyclic) bond motifs is 3. The van der Waals surface area contributed by atoms with Gasteiger partial charge in [-0.3, -0.25) is 4.57 Å². The quantitative estimate of drug-likeness (QED) is 0.190. The molecule has 0 spiro atoms. The molecule has 1 aliphatic rings. The van der Waals surface area contributed by atoms with E-state index in [0.29, 0.717) is 0 Å². The lowest BCUT2D eigenvalue weighted by Gasteiger charge is -2.31. The number of imidazole rings is 1. The van der Waals surface area contributed by atoms with E-state index in [1.165, 1.54) is 4.70 Å². The predicted molar refractivity (Wildman–Crippen MR) is 184 cm³/mol. The molecule has 3 heterocycles. The Morgan fingerprint density at radius 3 is 2.05 bits per heavy atom. The van der Waals surface area contributed by atoms with Gasteiger partial charge in [-0.05, 0) is 41.5 Å². The molecule has 0 saturated carbocycles. The van der Waals surface area contributed by atoms with Crippen LogP contribution in [0.25, 0.3) is 60.0 Å². The maximum absolute atomic E-state index is 15.9. The number of rotatable bonds is 4. The second-order valence-corrected chi connectivity index (χ2v) is 14.7. The predicted octanol–water partition coefficient (Wildman–Crippen LogP) is 8.59. The second kappa shape index (κ2) is 9.72. The first-order valence-electron chi connectivity index (χ1n) is 14.5. The van der Waals surface area contributed by atoms with Crippen LogP contribution in [0.3, 0.4) is 0 Å². The number of thiazole rings is 1. The van der Waals surface area contributed by atoms with Crippen LogP contribution < -0.4 is 15.9 Å².